The average molecular weight is 288 g/mol. The van der Waals surface area contributed by atoms with E-state index in [-0.39, 0.29) is 5.95 Å². The highest BCUT2D eigenvalue weighted by Crippen LogP contribution is 2.23. The molecule has 2 aromatic heterocycles. The summed E-state index contributed by atoms with van der Waals surface area (Å²) in [5.74, 6) is 0.803. The Morgan fingerprint density at radius 1 is 1.15 bits per heavy atom. The number of hydrogen-bond acceptors (Lipinski definition) is 6. The number of halogens is 1. The van der Waals surface area contributed by atoms with Crippen LogP contribution in [0.4, 0.5) is 17.6 Å². The SMILES string of the molecule is Nc1nc(Nc2ccccc2Cl)nc(-n2ccnc2)n1. The van der Waals surface area contributed by atoms with E-state index in [0.717, 1.165) is 0 Å². The number of nitrogens with one attached hydrogen (secondary N) is 1. The molecule has 0 aliphatic rings. The van der Waals surface area contributed by atoms with Crippen LogP contribution in [-0.2, 0) is 0 Å². The standard InChI is InChI=1S/C12H10ClN7/c13-8-3-1-2-4-9(8)16-11-17-10(14)18-12(19-11)20-6-5-15-7-20/h1-7H,(H3,14,16,17,18,19). The van der Waals surface area contributed by atoms with Crippen molar-refractivity contribution in [1.82, 2.24) is 24.5 Å². The first kappa shape index (κ1) is 12.4. The summed E-state index contributed by atoms with van der Waals surface area (Å²) >= 11 is 6.07. The topological polar surface area (TPSA) is 94.5 Å². The summed E-state index contributed by atoms with van der Waals surface area (Å²) in [6.07, 6.45) is 4.92. The minimum Gasteiger partial charge on any atom is -0.368 e. The molecule has 0 saturated heterocycles. The molecular formula is C12H10ClN7. The van der Waals surface area contributed by atoms with E-state index in [1.54, 1.807) is 29.4 Å². The largest absolute Gasteiger partial charge is 0.368 e. The number of benzene rings is 1. The van der Waals surface area contributed by atoms with Gasteiger partial charge < -0.3 is 11.1 Å². The molecule has 2 heterocycles. The Kier molecular flexibility index (Phi) is 3.18. The fourth-order valence-electron chi connectivity index (χ4n) is 1.61. The number of anilines is 3. The molecule has 1 aromatic carbocycles. The Morgan fingerprint density at radius 2 is 2.00 bits per heavy atom. The molecule has 0 saturated carbocycles. The zero-order valence-electron chi connectivity index (χ0n) is 10.2. The van der Waals surface area contributed by atoms with Gasteiger partial charge in [0.15, 0.2) is 0 Å². The van der Waals surface area contributed by atoms with Gasteiger partial charge in [-0.3, -0.25) is 4.57 Å². The lowest BCUT2D eigenvalue weighted by atomic mass is 10.3. The quantitative estimate of drug-likeness (QED) is 0.765. The van der Waals surface area contributed by atoms with E-state index < -0.39 is 0 Å². The van der Waals surface area contributed by atoms with E-state index in [1.165, 1.54) is 0 Å². The number of rotatable bonds is 3. The van der Waals surface area contributed by atoms with Crippen LogP contribution in [0.5, 0.6) is 0 Å². The van der Waals surface area contributed by atoms with Crippen molar-refractivity contribution in [1.29, 1.82) is 0 Å². The van der Waals surface area contributed by atoms with Gasteiger partial charge in [0, 0.05) is 12.4 Å². The van der Waals surface area contributed by atoms with Gasteiger partial charge in [-0.25, -0.2) is 4.98 Å². The molecule has 0 radical (unpaired) electrons. The maximum absolute atomic E-state index is 6.07. The van der Waals surface area contributed by atoms with Crippen LogP contribution >= 0.6 is 11.6 Å². The first-order valence-electron chi connectivity index (χ1n) is 5.74. The van der Waals surface area contributed by atoms with Crippen molar-refractivity contribution in [2.75, 3.05) is 11.1 Å². The predicted molar refractivity (Wildman–Crippen MR) is 76.1 cm³/mol. The maximum atomic E-state index is 6.07. The predicted octanol–water partition coefficient (Wildman–Crippen LogP) is 2.04. The molecule has 100 valence electrons. The summed E-state index contributed by atoms with van der Waals surface area (Å²) in [4.78, 5) is 16.3. The van der Waals surface area contributed by atoms with Crippen LogP contribution in [0.15, 0.2) is 43.0 Å². The number of hydrogen-bond donors (Lipinski definition) is 2. The number of imidazole rings is 1. The highest BCUT2D eigenvalue weighted by Gasteiger charge is 2.07. The monoisotopic (exact) mass is 287 g/mol. The average Bonchev–Trinajstić information content (AvgIpc) is 2.95. The Hall–Kier alpha value is -2.67. The van der Waals surface area contributed by atoms with Crippen LogP contribution in [0.3, 0.4) is 0 Å². The molecule has 7 nitrogen and oxygen atoms in total. The van der Waals surface area contributed by atoms with Crippen molar-refractivity contribution in [3.8, 4) is 5.95 Å². The van der Waals surface area contributed by atoms with Crippen molar-refractivity contribution in [2.24, 2.45) is 0 Å². The van der Waals surface area contributed by atoms with Gasteiger partial charge in [0.2, 0.25) is 17.8 Å². The molecule has 0 spiro atoms. The molecule has 0 amide bonds. The number of aromatic nitrogens is 5. The summed E-state index contributed by atoms with van der Waals surface area (Å²) in [7, 11) is 0. The van der Waals surface area contributed by atoms with Crippen molar-refractivity contribution >= 4 is 29.2 Å². The molecule has 0 aliphatic carbocycles. The van der Waals surface area contributed by atoms with E-state index in [2.05, 4.69) is 25.3 Å². The van der Waals surface area contributed by atoms with Crippen molar-refractivity contribution in [2.45, 2.75) is 0 Å². The smallest absolute Gasteiger partial charge is 0.241 e. The third kappa shape index (κ3) is 2.52. The third-order valence-corrected chi connectivity index (χ3v) is 2.83. The van der Waals surface area contributed by atoms with Gasteiger partial charge in [-0.1, -0.05) is 23.7 Å². The lowest BCUT2D eigenvalue weighted by molar-refractivity contribution is 0.906. The normalized spacial score (nSPS) is 10.4. The lowest BCUT2D eigenvalue weighted by Gasteiger charge is -2.08. The van der Waals surface area contributed by atoms with Gasteiger partial charge >= 0.3 is 0 Å². The molecular weight excluding hydrogens is 278 g/mol. The zero-order valence-corrected chi connectivity index (χ0v) is 11.0. The van der Waals surface area contributed by atoms with Gasteiger partial charge in [0.1, 0.15) is 6.33 Å². The second-order valence-electron chi connectivity index (χ2n) is 3.89. The van der Waals surface area contributed by atoms with Gasteiger partial charge in [0.25, 0.3) is 0 Å². The van der Waals surface area contributed by atoms with Crippen molar-refractivity contribution < 1.29 is 0 Å². The van der Waals surface area contributed by atoms with E-state index in [1.807, 2.05) is 18.2 Å². The molecule has 0 bridgehead atoms. The fourth-order valence-corrected chi connectivity index (χ4v) is 1.80. The van der Waals surface area contributed by atoms with Crippen LogP contribution in [0, 0.1) is 0 Å². The molecule has 0 aliphatic heterocycles. The summed E-state index contributed by atoms with van der Waals surface area (Å²) in [5.41, 5.74) is 6.38. The van der Waals surface area contributed by atoms with Gasteiger partial charge in [0.05, 0.1) is 10.7 Å². The minimum absolute atomic E-state index is 0.109. The highest BCUT2D eigenvalue weighted by molar-refractivity contribution is 6.33. The van der Waals surface area contributed by atoms with E-state index in [4.69, 9.17) is 17.3 Å². The van der Waals surface area contributed by atoms with Gasteiger partial charge in [-0.15, -0.1) is 0 Å². The Labute approximate surface area is 119 Å². The van der Waals surface area contributed by atoms with Crippen LogP contribution in [0.2, 0.25) is 5.02 Å². The van der Waals surface area contributed by atoms with Crippen LogP contribution < -0.4 is 11.1 Å². The summed E-state index contributed by atoms with van der Waals surface area (Å²) < 4.78 is 1.63. The van der Waals surface area contributed by atoms with Crippen molar-refractivity contribution in [3.05, 3.63) is 48.0 Å². The third-order valence-electron chi connectivity index (χ3n) is 2.50. The minimum atomic E-state index is 0.109. The molecule has 3 rings (SSSR count). The first-order valence-corrected chi connectivity index (χ1v) is 6.11. The number of nitrogens with zero attached hydrogens (tertiary/aromatic N) is 5. The Bertz CT molecular complexity index is 726. The molecule has 8 heteroatoms. The zero-order chi connectivity index (χ0) is 13.9. The van der Waals surface area contributed by atoms with E-state index >= 15 is 0 Å². The summed E-state index contributed by atoms with van der Waals surface area (Å²) in [6.45, 7) is 0. The Morgan fingerprint density at radius 3 is 2.75 bits per heavy atom. The molecule has 3 N–H and O–H groups in total. The number of para-hydroxylation sites is 1. The van der Waals surface area contributed by atoms with Crippen LogP contribution in [-0.4, -0.2) is 24.5 Å². The van der Waals surface area contributed by atoms with Crippen LogP contribution in [0.25, 0.3) is 5.95 Å². The van der Waals surface area contributed by atoms with Gasteiger partial charge in [-0.05, 0) is 12.1 Å². The van der Waals surface area contributed by atoms with Crippen LogP contribution in [0.1, 0.15) is 0 Å². The molecule has 0 atom stereocenters. The molecule has 0 unspecified atom stereocenters. The lowest BCUT2D eigenvalue weighted by Crippen LogP contribution is -2.08. The summed E-state index contributed by atoms with van der Waals surface area (Å²) in [6, 6.07) is 7.28. The van der Waals surface area contributed by atoms with Gasteiger partial charge in [-0.2, -0.15) is 15.0 Å². The highest BCUT2D eigenvalue weighted by atomic mass is 35.5. The second-order valence-corrected chi connectivity index (χ2v) is 4.30. The van der Waals surface area contributed by atoms with E-state index in [0.29, 0.717) is 22.6 Å². The molecule has 20 heavy (non-hydrogen) atoms. The first-order chi connectivity index (χ1) is 9.72. The molecule has 0 fully saturated rings. The number of nitrogen functional groups attached to an aromatic ring is 1. The van der Waals surface area contributed by atoms with E-state index in [9.17, 15) is 0 Å². The van der Waals surface area contributed by atoms with Crippen molar-refractivity contribution in [3.63, 3.8) is 0 Å². The maximum Gasteiger partial charge on any atom is 0.241 e. The Balaban J connectivity index is 1.97. The fraction of sp³-hybridized carbons (Fsp3) is 0. The second kappa shape index (κ2) is 5.14. The molecule has 3 aromatic rings. The number of nitrogens with two attached hydrogens (primary N) is 1. The summed E-state index contributed by atoms with van der Waals surface area (Å²) in [5, 5.41) is 3.57.